The Morgan fingerprint density at radius 2 is 2.00 bits per heavy atom. The van der Waals surface area contributed by atoms with Gasteiger partial charge in [-0.2, -0.15) is 5.10 Å². The number of hydrogen-bond donors (Lipinski definition) is 1. The summed E-state index contributed by atoms with van der Waals surface area (Å²) in [7, 11) is 1.80. The average molecular weight is 323 g/mol. The van der Waals surface area contributed by atoms with Crippen molar-refractivity contribution in [1.82, 2.24) is 20.0 Å². The Morgan fingerprint density at radius 3 is 2.73 bits per heavy atom. The highest BCUT2D eigenvalue weighted by Gasteiger charge is 2.43. The van der Waals surface area contributed by atoms with Gasteiger partial charge in [0.2, 0.25) is 5.91 Å². The summed E-state index contributed by atoms with van der Waals surface area (Å²) in [6.07, 6.45) is 4.42. The van der Waals surface area contributed by atoms with E-state index in [1.54, 1.807) is 11.9 Å². The van der Waals surface area contributed by atoms with E-state index in [9.17, 15) is 9.59 Å². The van der Waals surface area contributed by atoms with E-state index in [-0.39, 0.29) is 23.9 Å². The molecular weight excluding hydrogens is 304 g/mol. The summed E-state index contributed by atoms with van der Waals surface area (Å²) < 4.78 is 0. The van der Waals surface area contributed by atoms with Gasteiger partial charge in [0, 0.05) is 32.0 Å². The molecule has 1 aromatic rings. The minimum Gasteiger partial charge on any atom is -0.344 e. The molecule has 2 atom stereocenters. The van der Waals surface area contributed by atoms with Crippen LogP contribution >= 0.6 is 11.6 Å². The van der Waals surface area contributed by atoms with Gasteiger partial charge in [-0.1, -0.05) is 11.6 Å². The number of aromatic amines is 1. The van der Waals surface area contributed by atoms with Gasteiger partial charge in [0.1, 0.15) is 0 Å². The topological polar surface area (TPSA) is 69.3 Å². The van der Waals surface area contributed by atoms with E-state index >= 15 is 0 Å². The molecule has 1 N–H and O–H groups in total. The van der Waals surface area contributed by atoms with Gasteiger partial charge >= 0.3 is 0 Å². The predicted octanol–water partition coefficient (Wildman–Crippen LogP) is 1.78. The van der Waals surface area contributed by atoms with Crippen molar-refractivity contribution in [2.24, 2.45) is 0 Å². The Hall–Kier alpha value is -1.56. The van der Waals surface area contributed by atoms with Crippen LogP contribution in [-0.4, -0.2) is 57.5 Å². The molecule has 1 aromatic heterocycles. The molecule has 4 rings (SSSR count). The lowest BCUT2D eigenvalue weighted by molar-refractivity contribution is -0.130. The van der Waals surface area contributed by atoms with Crippen LogP contribution in [0.15, 0.2) is 0 Å². The Balaban J connectivity index is 1.63. The Kier molecular flexibility index (Phi) is 3.18. The van der Waals surface area contributed by atoms with Crippen molar-refractivity contribution in [2.45, 2.75) is 50.1 Å². The van der Waals surface area contributed by atoms with E-state index < -0.39 is 0 Å². The number of nitrogens with one attached hydrogen (secondary N) is 1. The largest absolute Gasteiger partial charge is 0.344 e. The Morgan fingerprint density at radius 1 is 1.27 bits per heavy atom. The molecule has 0 radical (unpaired) electrons. The average Bonchev–Trinajstić information content (AvgIpc) is 3.16. The minimum atomic E-state index is -0.135. The summed E-state index contributed by atoms with van der Waals surface area (Å²) >= 11 is 6.37. The van der Waals surface area contributed by atoms with Gasteiger partial charge in [-0.15, -0.1) is 0 Å². The molecule has 3 heterocycles. The van der Waals surface area contributed by atoms with Crippen molar-refractivity contribution in [3.05, 3.63) is 16.4 Å². The Labute approximate surface area is 133 Å². The van der Waals surface area contributed by atoms with E-state index in [1.165, 1.54) is 0 Å². The first-order valence-electron chi connectivity index (χ1n) is 7.86. The highest BCUT2D eigenvalue weighted by molar-refractivity contribution is 6.34. The van der Waals surface area contributed by atoms with Crippen LogP contribution in [0.2, 0.25) is 5.02 Å². The van der Waals surface area contributed by atoms with Crippen LogP contribution in [0.3, 0.4) is 0 Å². The SMILES string of the molecule is CN1CC2CC[C@H](CC1=O)N2C(=O)c1n[nH]c(C2CC2)c1Cl. The fraction of sp³-hybridized carbons (Fsp3) is 0.667. The Bertz CT molecular complexity index is 639. The highest BCUT2D eigenvalue weighted by atomic mass is 35.5. The van der Waals surface area contributed by atoms with Crippen LogP contribution in [0.4, 0.5) is 0 Å². The number of likely N-dealkylation sites (N-methyl/N-ethyl adjacent to an activating group) is 1. The number of likely N-dealkylation sites (tertiary alicyclic amines) is 1. The zero-order valence-electron chi connectivity index (χ0n) is 12.5. The van der Waals surface area contributed by atoms with E-state index in [2.05, 4.69) is 10.2 Å². The van der Waals surface area contributed by atoms with Crippen molar-refractivity contribution in [2.75, 3.05) is 13.6 Å². The molecule has 2 aliphatic heterocycles. The lowest BCUT2D eigenvalue weighted by Crippen LogP contribution is -2.43. The van der Waals surface area contributed by atoms with Crippen molar-refractivity contribution in [3.63, 3.8) is 0 Å². The maximum atomic E-state index is 12.9. The van der Waals surface area contributed by atoms with Crippen molar-refractivity contribution in [3.8, 4) is 0 Å². The fourth-order valence-electron chi connectivity index (χ4n) is 3.70. The van der Waals surface area contributed by atoms with Crippen LogP contribution < -0.4 is 0 Å². The molecular formula is C15H19ClN4O2. The molecule has 3 fully saturated rings. The zero-order valence-corrected chi connectivity index (χ0v) is 13.3. The second-order valence-corrected chi connectivity index (χ2v) is 7.03. The molecule has 22 heavy (non-hydrogen) atoms. The summed E-state index contributed by atoms with van der Waals surface area (Å²) in [6.45, 7) is 0.596. The van der Waals surface area contributed by atoms with Crippen molar-refractivity contribution in [1.29, 1.82) is 0 Å². The molecule has 118 valence electrons. The third-order valence-corrected chi connectivity index (χ3v) is 5.48. The first-order valence-corrected chi connectivity index (χ1v) is 8.24. The number of H-pyrrole nitrogens is 1. The highest BCUT2D eigenvalue weighted by Crippen LogP contribution is 2.43. The van der Waals surface area contributed by atoms with Crippen LogP contribution in [0.1, 0.15) is 54.2 Å². The lowest BCUT2D eigenvalue weighted by Gasteiger charge is -2.27. The lowest BCUT2D eigenvalue weighted by atomic mass is 10.1. The molecule has 7 heteroatoms. The molecule has 3 aliphatic rings. The standard InChI is InChI=1S/C15H19ClN4O2/c1-19-7-10-5-4-9(6-11(19)21)20(10)15(22)14-12(16)13(17-18-14)8-2-3-8/h8-10H,2-7H2,1H3,(H,17,18)/t9-,10?/m1/s1. The number of hydrogen-bond acceptors (Lipinski definition) is 3. The van der Waals surface area contributed by atoms with Gasteiger partial charge in [0.25, 0.3) is 5.91 Å². The molecule has 0 spiro atoms. The van der Waals surface area contributed by atoms with Gasteiger partial charge in [-0.25, -0.2) is 0 Å². The number of carbonyl (C=O) groups is 2. The van der Waals surface area contributed by atoms with Crippen LogP contribution in [-0.2, 0) is 4.79 Å². The first kappa shape index (κ1) is 14.1. The molecule has 2 saturated heterocycles. The molecule has 0 aromatic carbocycles. The second-order valence-electron chi connectivity index (χ2n) is 6.65. The number of halogens is 1. The van der Waals surface area contributed by atoms with Gasteiger partial charge in [-0.3, -0.25) is 14.7 Å². The molecule has 2 amide bonds. The maximum Gasteiger partial charge on any atom is 0.276 e. The quantitative estimate of drug-likeness (QED) is 0.902. The minimum absolute atomic E-state index is 0.0212. The number of nitrogens with zero attached hydrogens (tertiary/aromatic N) is 3. The van der Waals surface area contributed by atoms with Crippen molar-refractivity contribution < 1.29 is 9.59 Å². The first-order chi connectivity index (χ1) is 10.6. The predicted molar refractivity (Wildman–Crippen MR) is 80.8 cm³/mol. The summed E-state index contributed by atoms with van der Waals surface area (Å²) in [5.74, 6) is 0.399. The molecule has 1 aliphatic carbocycles. The van der Waals surface area contributed by atoms with Gasteiger partial charge in [0.15, 0.2) is 5.69 Å². The number of rotatable bonds is 2. The number of amides is 2. The summed E-state index contributed by atoms with van der Waals surface area (Å²) in [5, 5.41) is 7.57. The summed E-state index contributed by atoms with van der Waals surface area (Å²) in [6, 6.07) is 0.0539. The van der Waals surface area contributed by atoms with Gasteiger partial charge in [0.05, 0.1) is 16.8 Å². The van der Waals surface area contributed by atoms with Gasteiger partial charge < -0.3 is 9.80 Å². The fourth-order valence-corrected chi connectivity index (χ4v) is 4.02. The monoisotopic (exact) mass is 322 g/mol. The van der Waals surface area contributed by atoms with E-state index in [0.717, 1.165) is 31.4 Å². The van der Waals surface area contributed by atoms with Crippen molar-refractivity contribution >= 4 is 23.4 Å². The normalized spacial score (nSPS) is 28.2. The zero-order chi connectivity index (χ0) is 15.4. The van der Waals surface area contributed by atoms with Gasteiger partial charge in [-0.05, 0) is 25.7 Å². The van der Waals surface area contributed by atoms with E-state index in [4.69, 9.17) is 11.6 Å². The molecule has 1 saturated carbocycles. The maximum absolute atomic E-state index is 12.9. The molecule has 6 nitrogen and oxygen atoms in total. The third kappa shape index (κ3) is 2.12. The van der Waals surface area contributed by atoms with Crippen LogP contribution in [0.25, 0.3) is 0 Å². The second kappa shape index (κ2) is 4.98. The molecule has 1 unspecified atom stereocenters. The number of fused-ring (bicyclic) bond motifs is 2. The number of carbonyl (C=O) groups excluding carboxylic acids is 2. The third-order valence-electron chi connectivity index (χ3n) is 5.10. The summed E-state index contributed by atoms with van der Waals surface area (Å²) in [5.41, 5.74) is 1.21. The molecule has 2 bridgehead atoms. The van der Waals surface area contributed by atoms with E-state index in [0.29, 0.717) is 29.6 Å². The van der Waals surface area contributed by atoms with Crippen LogP contribution in [0.5, 0.6) is 0 Å². The van der Waals surface area contributed by atoms with Crippen LogP contribution in [0, 0.1) is 0 Å². The smallest absolute Gasteiger partial charge is 0.276 e. The van der Waals surface area contributed by atoms with E-state index in [1.807, 2.05) is 4.90 Å². The number of aromatic nitrogens is 2. The summed E-state index contributed by atoms with van der Waals surface area (Å²) in [4.78, 5) is 28.5.